The maximum Gasteiger partial charge on any atom is 0.350 e. The van der Waals surface area contributed by atoms with E-state index >= 15 is 0 Å². The lowest BCUT2D eigenvalue weighted by Gasteiger charge is -2.06. The number of Topliss-reactive ketones (excluding diaryl/α,β-unsaturated/α-hetero) is 2. The molecule has 0 spiro atoms. The lowest BCUT2D eigenvalue weighted by molar-refractivity contribution is 0.0478. The zero-order chi connectivity index (χ0) is 18.8. The first kappa shape index (κ1) is 17.9. The van der Waals surface area contributed by atoms with Crippen molar-refractivity contribution in [1.29, 1.82) is 0 Å². The minimum Gasteiger partial charge on any atom is -0.453 e. The van der Waals surface area contributed by atoms with Crippen LogP contribution < -0.4 is 0 Å². The molecule has 0 aromatic carbocycles. The van der Waals surface area contributed by atoms with Gasteiger partial charge in [0.2, 0.25) is 5.78 Å². The number of nitrogens with one attached hydrogen (secondary N) is 1. The minimum absolute atomic E-state index is 0.109. The van der Waals surface area contributed by atoms with Crippen LogP contribution in [0.1, 0.15) is 48.7 Å². The fourth-order valence-corrected chi connectivity index (χ4v) is 3.76. The number of thiophene rings is 1. The van der Waals surface area contributed by atoms with E-state index in [0.29, 0.717) is 33.1 Å². The summed E-state index contributed by atoms with van der Waals surface area (Å²) in [4.78, 5) is 39.8. The molecule has 0 atom stereocenters. The van der Waals surface area contributed by atoms with Gasteiger partial charge in [-0.15, -0.1) is 11.3 Å². The normalized spacial score (nSPS) is 10.7. The van der Waals surface area contributed by atoms with E-state index in [4.69, 9.17) is 4.74 Å². The highest BCUT2D eigenvalue weighted by atomic mass is 32.1. The summed E-state index contributed by atoms with van der Waals surface area (Å²) in [5, 5.41) is 1.80. The molecule has 0 aliphatic rings. The molecule has 26 heavy (non-hydrogen) atoms. The number of aromatic amines is 1. The fraction of sp³-hybridized carbons (Fsp3) is 0.211. The van der Waals surface area contributed by atoms with Crippen molar-refractivity contribution in [1.82, 2.24) is 9.55 Å². The standard InChI is InChI=1S/C19H18N2O4S/c1-11-16(13(3)22)12(2)20-17(11)15(23)10-25-19(24)18-14(6-9-26-18)21-7-4-5-8-21/h4-9,20H,10H2,1-3H3. The van der Waals surface area contributed by atoms with Crippen molar-refractivity contribution in [2.24, 2.45) is 0 Å². The molecule has 7 heteroatoms. The fourth-order valence-electron chi connectivity index (χ4n) is 2.98. The van der Waals surface area contributed by atoms with Crippen LogP contribution in [0.25, 0.3) is 5.69 Å². The van der Waals surface area contributed by atoms with Gasteiger partial charge in [-0.2, -0.15) is 0 Å². The molecular weight excluding hydrogens is 352 g/mol. The smallest absolute Gasteiger partial charge is 0.350 e. The highest BCUT2D eigenvalue weighted by Gasteiger charge is 2.22. The second-order valence-electron chi connectivity index (χ2n) is 5.91. The molecule has 3 rings (SSSR count). The summed E-state index contributed by atoms with van der Waals surface area (Å²) < 4.78 is 7.02. The van der Waals surface area contributed by atoms with Gasteiger partial charge in [0.25, 0.3) is 0 Å². The van der Waals surface area contributed by atoms with Crippen LogP contribution in [0.2, 0.25) is 0 Å². The lowest BCUT2D eigenvalue weighted by atomic mass is 10.1. The number of nitrogens with zero attached hydrogens (tertiary/aromatic N) is 1. The molecule has 0 saturated heterocycles. The van der Waals surface area contributed by atoms with Gasteiger partial charge >= 0.3 is 5.97 Å². The van der Waals surface area contributed by atoms with E-state index in [9.17, 15) is 14.4 Å². The van der Waals surface area contributed by atoms with E-state index in [-0.39, 0.29) is 18.2 Å². The van der Waals surface area contributed by atoms with E-state index in [0.717, 1.165) is 0 Å². The van der Waals surface area contributed by atoms with E-state index in [1.165, 1.54) is 18.3 Å². The first-order chi connectivity index (χ1) is 12.4. The summed E-state index contributed by atoms with van der Waals surface area (Å²) in [6, 6.07) is 5.54. The number of aromatic nitrogens is 2. The van der Waals surface area contributed by atoms with Crippen LogP contribution in [0, 0.1) is 13.8 Å². The second kappa shape index (κ2) is 7.13. The number of rotatable bonds is 6. The highest BCUT2D eigenvalue weighted by Crippen LogP contribution is 2.23. The quantitative estimate of drug-likeness (QED) is 0.530. The first-order valence-electron chi connectivity index (χ1n) is 8.01. The summed E-state index contributed by atoms with van der Waals surface area (Å²) in [5.41, 5.74) is 2.74. The van der Waals surface area contributed by atoms with Gasteiger partial charge in [0, 0.05) is 23.7 Å². The number of carbonyl (C=O) groups excluding carboxylic acids is 3. The average Bonchev–Trinajstić information content (AvgIpc) is 3.31. The number of H-pyrrole nitrogens is 1. The largest absolute Gasteiger partial charge is 0.453 e. The molecule has 0 unspecified atom stereocenters. The first-order valence-corrected chi connectivity index (χ1v) is 8.89. The Bertz CT molecular complexity index is 980. The highest BCUT2D eigenvalue weighted by molar-refractivity contribution is 7.12. The summed E-state index contributed by atoms with van der Waals surface area (Å²) in [6.07, 6.45) is 3.66. The molecule has 1 N–H and O–H groups in total. The van der Waals surface area contributed by atoms with Gasteiger partial charge in [0.05, 0.1) is 11.4 Å². The summed E-state index contributed by atoms with van der Waals surface area (Å²) in [5.74, 6) is -1.03. The molecule has 3 aromatic heterocycles. The predicted molar refractivity (Wildman–Crippen MR) is 98.5 cm³/mol. The van der Waals surface area contributed by atoms with Crippen LogP contribution in [-0.4, -0.2) is 33.7 Å². The Kier molecular flexibility index (Phi) is 4.90. The Balaban J connectivity index is 1.73. The van der Waals surface area contributed by atoms with E-state index in [1.807, 2.05) is 35.2 Å². The number of aryl methyl sites for hydroxylation is 1. The number of ketones is 2. The molecule has 0 aliphatic carbocycles. The monoisotopic (exact) mass is 370 g/mol. The van der Waals surface area contributed by atoms with Crippen molar-refractivity contribution in [2.45, 2.75) is 20.8 Å². The van der Waals surface area contributed by atoms with Crippen LogP contribution in [0.5, 0.6) is 0 Å². The third-order valence-electron chi connectivity index (χ3n) is 4.12. The Hall–Kier alpha value is -2.93. The van der Waals surface area contributed by atoms with Crippen LogP contribution in [0.3, 0.4) is 0 Å². The van der Waals surface area contributed by atoms with Gasteiger partial charge in [-0.3, -0.25) is 9.59 Å². The second-order valence-corrected chi connectivity index (χ2v) is 6.82. The van der Waals surface area contributed by atoms with Crippen molar-refractivity contribution < 1.29 is 19.1 Å². The molecule has 0 fully saturated rings. The zero-order valence-electron chi connectivity index (χ0n) is 14.7. The molecule has 0 bridgehead atoms. The van der Waals surface area contributed by atoms with Crippen molar-refractivity contribution in [3.8, 4) is 5.69 Å². The van der Waals surface area contributed by atoms with E-state index < -0.39 is 5.97 Å². The Morgan fingerprint density at radius 3 is 2.50 bits per heavy atom. The molecule has 3 heterocycles. The number of ether oxygens (including phenoxy) is 1. The summed E-state index contributed by atoms with van der Waals surface area (Å²) in [6.45, 7) is 4.51. The molecule has 134 valence electrons. The van der Waals surface area contributed by atoms with Gasteiger partial charge in [0.15, 0.2) is 12.4 Å². The van der Waals surface area contributed by atoms with E-state index in [1.54, 1.807) is 19.2 Å². The van der Waals surface area contributed by atoms with Crippen molar-refractivity contribution in [3.63, 3.8) is 0 Å². The minimum atomic E-state index is -0.551. The third kappa shape index (κ3) is 3.25. The van der Waals surface area contributed by atoms with Crippen molar-refractivity contribution in [2.75, 3.05) is 6.61 Å². The van der Waals surface area contributed by atoms with Crippen LogP contribution >= 0.6 is 11.3 Å². The van der Waals surface area contributed by atoms with Crippen molar-refractivity contribution >= 4 is 28.9 Å². The van der Waals surface area contributed by atoms with Crippen LogP contribution in [-0.2, 0) is 4.74 Å². The Morgan fingerprint density at radius 2 is 1.88 bits per heavy atom. The van der Waals surface area contributed by atoms with Gasteiger partial charge in [-0.05, 0) is 49.9 Å². The van der Waals surface area contributed by atoms with Crippen LogP contribution in [0.4, 0.5) is 0 Å². The molecule has 0 amide bonds. The van der Waals surface area contributed by atoms with Gasteiger partial charge in [-0.1, -0.05) is 0 Å². The summed E-state index contributed by atoms with van der Waals surface area (Å²) >= 11 is 1.26. The number of hydrogen-bond donors (Lipinski definition) is 1. The SMILES string of the molecule is CC(=O)c1c(C)[nH]c(C(=O)COC(=O)c2sccc2-n2cccc2)c1C. The molecule has 6 nitrogen and oxygen atoms in total. The predicted octanol–water partition coefficient (Wildman–Crippen LogP) is 3.73. The zero-order valence-corrected chi connectivity index (χ0v) is 15.5. The molecule has 3 aromatic rings. The van der Waals surface area contributed by atoms with E-state index in [2.05, 4.69) is 4.98 Å². The topological polar surface area (TPSA) is 81.2 Å². The maximum absolute atomic E-state index is 12.4. The van der Waals surface area contributed by atoms with Gasteiger partial charge in [0.1, 0.15) is 4.88 Å². The van der Waals surface area contributed by atoms with Crippen molar-refractivity contribution in [3.05, 3.63) is 63.4 Å². The lowest BCUT2D eigenvalue weighted by Crippen LogP contribution is -2.15. The average molecular weight is 370 g/mol. The van der Waals surface area contributed by atoms with Crippen LogP contribution in [0.15, 0.2) is 36.0 Å². The number of esters is 1. The van der Waals surface area contributed by atoms with Gasteiger partial charge < -0.3 is 14.3 Å². The Labute approximate surface area is 154 Å². The molecular formula is C19H18N2O4S. The maximum atomic E-state index is 12.4. The molecule has 0 aliphatic heterocycles. The third-order valence-corrected chi connectivity index (χ3v) is 5.00. The Morgan fingerprint density at radius 1 is 1.19 bits per heavy atom. The molecule has 0 saturated carbocycles. The summed E-state index contributed by atoms with van der Waals surface area (Å²) in [7, 11) is 0. The number of hydrogen-bond acceptors (Lipinski definition) is 5. The van der Waals surface area contributed by atoms with Gasteiger partial charge in [-0.25, -0.2) is 4.79 Å². The molecule has 0 radical (unpaired) electrons. The number of carbonyl (C=O) groups is 3.